The van der Waals surface area contributed by atoms with Crippen molar-refractivity contribution >= 4 is 21.7 Å². The van der Waals surface area contributed by atoms with E-state index in [1.807, 2.05) is 0 Å². The summed E-state index contributed by atoms with van der Waals surface area (Å²) in [6.45, 7) is 0. The van der Waals surface area contributed by atoms with Crippen LogP contribution in [-0.4, -0.2) is 26.5 Å². The van der Waals surface area contributed by atoms with Gasteiger partial charge in [0.1, 0.15) is 4.90 Å². The van der Waals surface area contributed by atoms with Crippen LogP contribution in [0.15, 0.2) is 52.4 Å². The number of nitrogens with two attached hydrogens (primary N) is 2. The van der Waals surface area contributed by atoms with Crippen LogP contribution in [0.25, 0.3) is 11.1 Å². The number of hydrogen-bond donors (Lipinski definition) is 2. The molecule has 1 amide bonds. The molecule has 120 valence electrons. The second-order valence-corrected chi connectivity index (χ2v) is 6.74. The minimum atomic E-state index is -3.93. The van der Waals surface area contributed by atoms with Gasteiger partial charge in [-0.1, -0.05) is 36.4 Å². The Balaban J connectivity index is 2.76. The molecule has 0 aliphatic rings. The zero-order chi connectivity index (χ0) is 17.2. The van der Waals surface area contributed by atoms with Crippen molar-refractivity contribution in [3.8, 4) is 11.1 Å². The lowest BCUT2D eigenvalue weighted by Gasteiger charge is -2.11. The molecule has 0 saturated heterocycles. The third-order valence-electron chi connectivity index (χ3n) is 3.01. The quantitative estimate of drug-likeness (QED) is 0.648. The molecule has 4 N–H and O–H groups in total. The van der Waals surface area contributed by atoms with Crippen LogP contribution in [0.1, 0.15) is 10.4 Å². The highest BCUT2D eigenvalue weighted by Gasteiger charge is 2.25. The van der Waals surface area contributed by atoms with Crippen LogP contribution in [0, 0.1) is 5.82 Å². The van der Waals surface area contributed by atoms with Gasteiger partial charge in [0, 0.05) is 11.8 Å². The van der Waals surface area contributed by atoms with Crippen LogP contribution in [-0.2, 0) is 9.84 Å². The summed E-state index contributed by atoms with van der Waals surface area (Å²) < 4.78 is 38.7. The van der Waals surface area contributed by atoms with E-state index in [9.17, 15) is 17.6 Å². The van der Waals surface area contributed by atoms with Gasteiger partial charge in [-0.3, -0.25) is 4.79 Å². The van der Waals surface area contributed by atoms with Gasteiger partial charge in [-0.05, 0) is 11.6 Å². The van der Waals surface area contributed by atoms with E-state index in [1.165, 1.54) is 6.07 Å². The molecule has 23 heavy (non-hydrogen) atoms. The Labute approximate surface area is 132 Å². The maximum atomic E-state index is 14.7. The summed E-state index contributed by atoms with van der Waals surface area (Å²) in [5.74, 6) is -2.77. The predicted molar refractivity (Wildman–Crippen MR) is 85.1 cm³/mol. The number of halogens is 1. The van der Waals surface area contributed by atoms with Crippen LogP contribution in [0.3, 0.4) is 0 Å². The highest BCUT2D eigenvalue weighted by Crippen LogP contribution is 2.31. The zero-order valence-electron chi connectivity index (χ0n) is 12.2. The first-order valence-corrected chi connectivity index (χ1v) is 8.33. The van der Waals surface area contributed by atoms with Crippen molar-refractivity contribution in [2.24, 2.45) is 16.5 Å². The lowest BCUT2D eigenvalue weighted by atomic mass is 10.0. The van der Waals surface area contributed by atoms with E-state index in [4.69, 9.17) is 11.5 Å². The van der Waals surface area contributed by atoms with Gasteiger partial charge in [-0.2, -0.15) is 4.99 Å². The number of guanidine groups is 1. The van der Waals surface area contributed by atoms with E-state index >= 15 is 0 Å². The van der Waals surface area contributed by atoms with Crippen molar-refractivity contribution in [2.75, 3.05) is 6.26 Å². The average molecular weight is 335 g/mol. The van der Waals surface area contributed by atoms with E-state index in [2.05, 4.69) is 4.99 Å². The summed E-state index contributed by atoms with van der Waals surface area (Å²) in [5.41, 5.74) is 10.3. The van der Waals surface area contributed by atoms with Crippen LogP contribution < -0.4 is 11.5 Å². The van der Waals surface area contributed by atoms with Crippen LogP contribution in [0.2, 0.25) is 0 Å². The number of sulfone groups is 1. The van der Waals surface area contributed by atoms with Gasteiger partial charge in [-0.15, -0.1) is 0 Å². The molecule has 0 unspecified atom stereocenters. The average Bonchev–Trinajstić information content (AvgIpc) is 2.45. The van der Waals surface area contributed by atoms with E-state index in [-0.39, 0.29) is 5.56 Å². The maximum Gasteiger partial charge on any atom is 0.283 e. The number of benzene rings is 2. The number of carbonyl (C=O) groups is 1. The smallest absolute Gasteiger partial charge is 0.283 e. The fourth-order valence-electron chi connectivity index (χ4n) is 2.11. The highest BCUT2D eigenvalue weighted by atomic mass is 32.2. The van der Waals surface area contributed by atoms with Crippen molar-refractivity contribution in [1.82, 2.24) is 0 Å². The molecule has 0 aliphatic heterocycles. The van der Waals surface area contributed by atoms with E-state index in [1.54, 1.807) is 30.3 Å². The van der Waals surface area contributed by atoms with Gasteiger partial charge in [0.05, 0.1) is 5.56 Å². The minimum absolute atomic E-state index is 0.159. The van der Waals surface area contributed by atoms with Gasteiger partial charge in [0.25, 0.3) is 5.91 Å². The number of rotatable bonds is 3. The van der Waals surface area contributed by atoms with Gasteiger partial charge < -0.3 is 11.5 Å². The molecule has 0 saturated carbocycles. The maximum absolute atomic E-state index is 14.7. The van der Waals surface area contributed by atoms with Gasteiger partial charge in [-0.25, -0.2) is 12.8 Å². The van der Waals surface area contributed by atoms with Gasteiger partial charge in [0.15, 0.2) is 21.6 Å². The number of hydrogen-bond acceptors (Lipinski definition) is 3. The predicted octanol–water partition coefficient (Wildman–Crippen LogP) is 1.31. The summed E-state index contributed by atoms with van der Waals surface area (Å²) in [5, 5.41) is 0. The fourth-order valence-corrected chi connectivity index (χ4v) is 3.13. The highest BCUT2D eigenvalue weighted by molar-refractivity contribution is 7.90. The number of aliphatic imine (C=N–C) groups is 1. The molecule has 0 spiro atoms. The van der Waals surface area contributed by atoms with Gasteiger partial charge in [0.2, 0.25) is 0 Å². The summed E-state index contributed by atoms with van der Waals surface area (Å²) in [6.07, 6.45) is 0.868. The second-order valence-electron chi connectivity index (χ2n) is 4.78. The largest absolute Gasteiger partial charge is 0.370 e. The lowest BCUT2D eigenvalue weighted by molar-refractivity contribution is 0.0998. The molecule has 0 atom stereocenters. The summed E-state index contributed by atoms with van der Waals surface area (Å²) in [6, 6.07) is 10.9. The molecule has 6 nitrogen and oxygen atoms in total. The molecule has 0 heterocycles. The van der Waals surface area contributed by atoms with Crippen molar-refractivity contribution in [3.63, 3.8) is 0 Å². The van der Waals surface area contributed by atoms with Crippen LogP contribution in [0.5, 0.6) is 0 Å². The molecule has 0 aliphatic carbocycles. The standard InChI is InChI=1S/C15H14FN3O3S/c1-23(21,22)13-10(9-5-3-2-4-6-9)7-8-11(12(13)16)14(20)19-15(17)18/h2-8H,1H3,(H4,17,18,19,20). The van der Waals surface area contributed by atoms with Crippen molar-refractivity contribution in [1.29, 1.82) is 0 Å². The Hall–Kier alpha value is -2.74. The number of nitrogens with zero attached hydrogens (tertiary/aromatic N) is 1. The Kier molecular flexibility index (Phi) is 4.46. The van der Waals surface area contributed by atoms with Crippen molar-refractivity contribution < 1.29 is 17.6 Å². The molecule has 2 aromatic rings. The Morgan fingerprint density at radius 3 is 2.22 bits per heavy atom. The Morgan fingerprint density at radius 2 is 1.70 bits per heavy atom. The molecule has 0 fully saturated rings. The first-order chi connectivity index (χ1) is 10.7. The van der Waals surface area contributed by atoms with Crippen molar-refractivity contribution in [2.45, 2.75) is 4.90 Å². The molecule has 0 bridgehead atoms. The SMILES string of the molecule is CS(=O)(=O)c1c(-c2ccccc2)ccc(C(=O)N=C(N)N)c1F. The van der Waals surface area contributed by atoms with Crippen LogP contribution >= 0.6 is 0 Å². The third kappa shape index (κ3) is 3.54. The summed E-state index contributed by atoms with van der Waals surface area (Å²) in [7, 11) is -3.93. The molecule has 2 rings (SSSR count). The first kappa shape index (κ1) is 16.6. The molecule has 0 radical (unpaired) electrons. The van der Waals surface area contributed by atoms with Crippen molar-refractivity contribution in [3.05, 3.63) is 53.8 Å². The van der Waals surface area contributed by atoms with E-state index in [0.717, 1.165) is 12.3 Å². The monoisotopic (exact) mass is 335 g/mol. The number of carbonyl (C=O) groups excluding carboxylic acids is 1. The Morgan fingerprint density at radius 1 is 1.09 bits per heavy atom. The minimum Gasteiger partial charge on any atom is -0.370 e. The van der Waals surface area contributed by atoms with E-state index < -0.39 is 38.0 Å². The molecular weight excluding hydrogens is 321 g/mol. The molecule has 2 aromatic carbocycles. The van der Waals surface area contributed by atoms with E-state index in [0.29, 0.717) is 5.56 Å². The molecule has 8 heteroatoms. The topological polar surface area (TPSA) is 116 Å². The summed E-state index contributed by atoms with van der Waals surface area (Å²) >= 11 is 0. The zero-order valence-corrected chi connectivity index (χ0v) is 13.0. The number of amides is 1. The molecular formula is C15H14FN3O3S. The normalized spacial score (nSPS) is 11.0. The molecule has 0 aromatic heterocycles. The Bertz CT molecular complexity index is 890. The third-order valence-corrected chi connectivity index (χ3v) is 4.15. The first-order valence-electron chi connectivity index (χ1n) is 6.43. The van der Waals surface area contributed by atoms with Gasteiger partial charge >= 0.3 is 0 Å². The summed E-state index contributed by atoms with van der Waals surface area (Å²) in [4.78, 5) is 14.5. The fraction of sp³-hybridized carbons (Fsp3) is 0.0667. The second kappa shape index (κ2) is 6.17. The van der Waals surface area contributed by atoms with Crippen LogP contribution in [0.4, 0.5) is 4.39 Å². The lowest BCUT2D eigenvalue weighted by Crippen LogP contribution is -2.24.